The fourth-order valence-electron chi connectivity index (χ4n) is 2.63. The number of benzene rings is 2. The number of rotatable bonds is 9. The summed E-state index contributed by atoms with van der Waals surface area (Å²) in [5.41, 5.74) is 4.25. The van der Waals surface area contributed by atoms with Crippen LogP contribution in [0.5, 0.6) is 0 Å². The Balaban J connectivity index is 1.66. The third-order valence-corrected chi connectivity index (χ3v) is 4.62. The van der Waals surface area contributed by atoms with Crippen LogP contribution in [0.2, 0.25) is 0 Å². The van der Waals surface area contributed by atoms with Crippen molar-refractivity contribution in [1.82, 2.24) is 5.32 Å². The average molecular weight is 410 g/mol. The second-order valence-electron chi connectivity index (χ2n) is 7.02. The predicted octanol–water partition coefficient (Wildman–Crippen LogP) is 2.87. The highest BCUT2D eigenvalue weighted by Crippen LogP contribution is 2.17. The van der Waals surface area contributed by atoms with Gasteiger partial charge < -0.3 is 15.4 Å². The van der Waals surface area contributed by atoms with Crippen LogP contribution in [0.25, 0.3) is 0 Å². The minimum absolute atomic E-state index is 0.00175. The molecule has 2 aromatic carbocycles. The van der Waals surface area contributed by atoms with Gasteiger partial charge in [0.1, 0.15) is 0 Å². The van der Waals surface area contributed by atoms with Gasteiger partial charge in [-0.2, -0.15) is 0 Å². The third kappa shape index (κ3) is 7.16. The van der Waals surface area contributed by atoms with Gasteiger partial charge in [0.25, 0.3) is 5.91 Å². The van der Waals surface area contributed by atoms with Gasteiger partial charge in [0.2, 0.25) is 5.91 Å². The Morgan fingerprint density at radius 3 is 2.27 bits per heavy atom. The molecule has 0 unspecified atom stereocenters. The number of Topliss-reactive ketones (excluding diaryl/α,β-unsaturated/α-hetero) is 1. The summed E-state index contributed by atoms with van der Waals surface area (Å²) in [7, 11) is 0. The number of aryl methyl sites for hydroxylation is 2. The number of carbonyl (C=O) groups excluding carboxylic acids is 4. The molecule has 0 spiro atoms. The van der Waals surface area contributed by atoms with E-state index < -0.39 is 18.5 Å². The first kappa shape index (κ1) is 22.8. The number of anilines is 1. The molecular weight excluding hydrogens is 384 g/mol. The number of nitrogens with one attached hydrogen (secondary N) is 2. The topological polar surface area (TPSA) is 102 Å². The predicted molar refractivity (Wildman–Crippen MR) is 113 cm³/mol. The molecule has 0 bridgehead atoms. The zero-order valence-corrected chi connectivity index (χ0v) is 17.4. The normalized spacial score (nSPS) is 10.2. The number of carbonyl (C=O) groups is 4. The van der Waals surface area contributed by atoms with Crippen LogP contribution >= 0.6 is 0 Å². The van der Waals surface area contributed by atoms with Crippen molar-refractivity contribution in [2.24, 2.45) is 0 Å². The van der Waals surface area contributed by atoms with E-state index in [1.165, 1.54) is 0 Å². The van der Waals surface area contributed by atoms with Crippen LogP contribution in [0.3, 0.4) is 0 Å². The minimum atomic E-state index is -0.648. The summed E-state index contributed by atoms with van der Waals surface area (Å²) < 4.78 is 4.86. The number of hydrogen-bond donors (Lipinski definition) is 2. The molecule has 2 aromatic rings. The standard InChI is InChI=1S/C23H26N2O5/c1-15-7-9-18(10-8-15)20(26)11-12-23(29)30-14-22(28)24-13-21(27)25-19-6-4-5-16(2)17(19)3/h4-10H,11-14H2,1-3H3,(H,24,28)(H,25,27). The smallest absolute Gasteiger partial charge is 0.306 e. The lowest BCUT2D eigenvalue weighted by Gasteiger charge is -2.11. The summed E-state index contributed by atoms with van der Waals surface area (Å²) >= 11 is 0. The molecule has 2 amide bonds. The summed E-state index contributed by atoms with van der Waals surface area (Å²) in [6, 6.07) is 12.6. The molecule has 7 heteroatoms. The molecule has 0 aromatic heterocycles. The molecule has 0 saturated heterocycles. The van der Waals surface area contributed by atoms with Crippen molar-refractivity contribution in [2.75, 3.05) is 18.5 Å². The van der Waals surface area contributed by atoms with Gasteiger partial charge in [-0.05, 0) is 38.0 Å². The summed E-state index contributed by atoms with van der Waals surface area (Å²) in [5, 5.41) is 5.12. The summed E-state index contributed by atoms with van der Waals surface area (Å²) in [6.45, 7) is 5.01. The number of esters is 1. The molecule has 0 heterocycles. The summed E-state index contributed by atoms with van der Waals surface area (Å²) in [4.78, 5) is 47.6. The molecule has 0 atom stereocenters. The van der Waals surface area contributed by atoms with Gasteiger partial charge in [0.05, 0.1) is 13.0 Å². The lowest BCUT2D eigenvalue weighted by molar-refractivity contribution is -0.148. The van der Waals surface area contributed by atoms with E-state index in [1.807, 2.05) is 45.0 Å². The summed E-state index contributed by atoms with van der Waals surface area (Å²) in [6.07, 6.45) is -0.116. The Labute approximate surface area is 175 Å². The fourth-order valence-corrected chi connectivity index (χ4v) is 2.63. The van der Waals surface area contributed by atoms with E-state index in [-0.39, 0.29) is 31.1 Å². The maximum absolute atomic E-state index is 12.0. The van der Waals surface area contributed by atoms with E-state index in [0.29, 0.717) is 11.3 Å². The van der Waals surface area contributed by atoms with Crippen molar-refractivity contribution in [3.05, 3.63) is 64.7 Å². The van der Waals surface area contributed by atoms with Crippen molar-refractivity contribution in [2.45, 2.75) is 33.6 Å². The van der Waals surface area contributed by atoms with Crippen molar-refractivity contribution in [1.29, 1.82) is 0 Å². The first-order valence-electron chi connectivity index (χ1n) is 9.64. The van der Waals surface area contributed by atoms with Gasteiger partial charge in [0, 0.05) is 17.7 Å². The zero-order valence-electron chi connectivity index (χ0n) is 17.4. The van der Waals surface area contributed by atoms with Crippen molar-refractivity contribution < 1.29 is 23.9 Å². The molecule has 7 nitrogen and oxygen atoms in total. The molecule has 158 valence electrons. The fraction of sp³-hybridized carbons (Fsp3) is 0.304. The molecule has 0 radical (unpaired) electrons. The van der Waals surface area contributed by atoms with E-state index in [4.69, 9.17) is 4.74 Å². The quantitative estimate of drug-likeness (QED) is 0.489. The van der Waals surface area contributed by atoms with Crippen LogP contribution in [0, 0.1) is 20.8 Å². The lowest BCUT2D eigenvalue weighted by atomic mass is 10.1. The van der Waals surface area contributed by atoms with Gasteiger partial charge in [-0.15, -0.1) is 0 Å². The van der Waals surface area contributed by atoms with E-state index >= 15 is 0 Å². The molecule has 2 N–H and O–H groups in total. The van der Waals surface area contributed by atoms with Gasteiger partial charge in [-0.25, -0.2) is 0 Å². The Bertz CT molecular complexity index is 935. The van der Waals surface area contributed by atoms with Crippen LogP contribution in [0.4, 0.5) is 5.69 Å². The zero-order chi connectivity index (χ0) is 22.1. The van der Waals surface area contributed by atoms with Crippen LogP contribution in [-0.2, 0) is 19.1 Å². The van der Waals surface area contributed by atoms with Crippen LogP contribution < -0.4 is 10.6 Å². The number of ketones is 1. The Morgan fingerprint density at radius 2 is 1.57 bits per heavy atom. The first-order valence-corrected chi connectivity index (χ1v) is 9.64. The maximum Gasteiger partial charge on any atom is 0.306 e. The van der Waals surface area contributed by atoms with Crippen LogP contribution in [-0.4, -0.2) is 36.7 Å². The minimum Gasteiger partial charge on any atom is -0.456 e. The van der Waals surface area contributed by atoms with Gasteiger partial charge >= 0.3 is 5.97 Å². The Morgan fingerprint density at radius 1 is 0.867 bits per heavy atom. The largest absolute Gasteiger partial charge is 0.456 e. The third-order valence-electron chi connectivity index (χ3n) is 4.62. The molecule has 0 aliphatic rings. The summed E-state index contributed by atoms with van der Waals surface area (Å²) in [5.74, 6) is -1.79. The van der Waals surface area contributed by atoms with Crippen LogP contribution in [0.1, 0.15) is 39.9 Å². The van der Waals surface area contributed by atoms with E-state index in [0.717, 1.165) is 16.7 Å². The second kappa shape index (κ2) is 10.9. The molecule has 30 heavy (non-hydrogen) atoms. The van der Waals surface area contributed by atoms with Crippen LogP contribution in [0.15, 0.2) is 42.5 Å². The highest BCUT2D eigenvalue weighted by atomic mass is 16.5. The number of amides is 2. The van der Waals surface area contributed by atoms with E-state index in [9.17, 15) is 19.2 Å². The van der Waals surface area contributed by atoms with E-state index in [1.54, 1.807) is 18.2 Å². The molecule has 0 aliphatic heterocycles. The van der Waals surface area contributed by atoms with Crippen molar-refractivity contribution in [3.8, 4) is 0 Å². The molecular formula is C23H26N2O5. The van der Waals surface area contributed by atoms with Crippen molar-refractivity contribution in [3.63, 3.8) is 0 Å². The molecule has 2 rings (SSSR count). The maximum atomic E-state index is 12.0. The Hall–Kier alpha value is -3.48. The molecule has 0 aliphatic carbocycles. The van der Waals surface area contributed by atoms with Crippen molar-refractivity contribution >= 4 is 29.3 Å². The first-order chi connectivity index (χ1) is 14.3. The SMILES string of the molecule is Cc1ccc(C(=O)CCC(=O)OCC(=O)NCC(=O)Nc2cccc(C)c2C)cc1. The van der Waals surface area contributed by atoms with Gasteiger partial charge in [0.15, 0.2) is 12.4 Å². The monoisotopic (exact) mass is 410 g/mol. The lowest BCUT2D eigenvalue weighted by Crippen LogP contribution is -2.35. The molecule has 0 fully saturated rings. The Kier molecular flexibility index (Phi) is 8.29. The number of hydrogen-bond acceptors (Lipinski definition) is 5. The van der Waals surface area contributed by atoms with Gasteiger partial charge in [-0.3, -0.25) is 19.2 Å². The molecule has 0 saturated carbocycles. The van der Waals surface area contributed by atoms with Gasteiger partial charge in [-0.1, -0.05) is 42.0 Å². The highest BCUT2D eigenvalue weighted by molar-refractivity contribution is 5.98. The average Bonchev–Trinajstić information content (AvgIpc) is 2.72. The second-order valence-corrected chi connectivity index (χ2v) is 7.02. The highest BCUT2D eigenvalue weighted by Gasteiger charge is 2.13. The van der Waals surface area contributed by atoms with E-state index in [2.05, 4.69) is 10.6 Å². The number of ether oxygens (including phenoxy) is 1.